The standard InChI is InChI=1S/C27H27F3N4O/c1-2-34(24-11-9-22(16-31)25(15-24)27(28,29)30)23-10-8-21(14-23)26-17-32-19-33(26)12-13-35-18-20-6-4-3-5-7-20/h3-9,11,15,17,19,23H,2,10,12-14,18H2,1H3. The van der Waals surface area contributed by atoms with E-state index in [4.69, 9.17) is 10.00 Å². The van der Waals surface area contributed by atoms with Gasteiger partial charge in [0.25, 0.3) is 0 Å². The molecule has 1 aliphatic carbocycles. The van der Waals surface area contributed by atoms with Gasteiger partial charge in [-0.3, -0.25) is 0 Å². The van der Waals surface area contributed by atoms with Crippen molar-refractivity contribution in [3.63, 3.8) is 0 Å². The van der Waals surface area contributed by atoms with Crippen LogP contribution in [0.3, 0.4) is 0 Å². The van der Waals surface area contributed by atoms with Crippen LogP contribution >= 0.6 is 0 Å². The molecular weight excluding hydrogens is 453 g/mol. The van der Waals surface area contributed by atoms with Crippen molar-refractivity contribution >= 4 is 11.3 Å². The van der Waals surface area contributed by atoms with Gasteiger partial charge in [0.15, 0.2) is 0 Å². The zero-order chi connectivity index (χ0) is 24.8. The molecule has 0 fully saturated rings. The molecule has 1 unspecified atom stereocenters. The van der Waals surface area contributed by atoms with Crippen LogP contribution in [0.25, 0.3) is 5.57 Å². The molecule has 0 saturated carbocycles. The van der Waals surface area contributed by atoms with Gasteiger partial charge in [0.2, 0.25) is 0 Å². The van der Waals surface area contributed by atoms with Gasteiger partial charge in [0, 0.05) is 24.8 Å². The summed E-state index contributed by atoms with van der Waals surface area (Å²) in [6.07, 6.45) is 2.59. The summed E-state index contributed by atoms with van der Waals surface area (Å²) in [4.78, 5) is 6.28. The molecule has 0 radical (unpaired) electrons. The molecule has 0 saturated heterocycles. The van der Waals surface area contributed by atoms with Crippen LogP contribution in [0.2, 0.25) is 0 Å². The first-order valence-electron chi connectivity index (χ1n) is 11.6. The molecule has 4 rings (SSSR count). The fourth-order valence-electron chi connectivity index (χ4n) is 4.53. The number of imidazole rings is 1. The Bertz CT molecular complexity index is 1210. The van der Waals surface area contributed by atoms with E-state index < -0.39 is 11.7 Å². The van der Waals surface area contributed by atoms with E-state index in [1.165, 1.54) is 6.07 Å². The second-order valence-corrected chi connectivity index (χ2v) is 8.46. The van der Waals surface area contributed by atoms with Crippen LogP contribution in [0, 0.1) is 11.3 Å². The van der Waals surface area contributed by atoms with E-state index in [0.29, 0.717) is 38.4 Å². The van der Waals surface area contributed by atoms with Gasteiger partial charge < -0.3 is 14.2 Å². The predicted molar refractivity (Wildman–Crippen MR) is 129 cm³/mol. The Labute approximate surface area is 203 Å². The first-order chi connectivity index (χ1) is 16.9. The maximum absolute atomic E-state index is 13.5. The summed E-state index contributed by atoms with van der Waals surface area (Å²) in [6, 6.07) is 15.6. The van der Waals surface area contributed by atoms with Gasteiger partial charge in [-0.05, 0) is 49.1 Å². The van der Waals surface area contributed by atoms with E-state index in [9.17, 15) is 13.2 Å². The molecule has 1 atom stereocenters. The molecule has 0 amide bonds. The number of hydrogen-bond acceptors (Lipinski definition) is 4. The van der Waals surface area contributed by atoms with Crippen molar-refractivity contribution in [3.05, 3.63) is 89.5 Å². The normalized spacial score (nSPS) is 15.6. The van der Waals surface area contributed by atoms with E-state index in [0.717, 1.165) is 29.3 Å². The zero-order valence-corrected chi connectivity index (χ0v) is 19.5. The molecule has 182 valence electrons. The summed E-state index contributed by atoms with van der Waals surface area (Å²) in [7, 11) is 0. The summed E-state index contributed by atoms with van der Waals surface area (Å²) in [5.41, 5.74) is 2.47. The molecule has 0 aliphatic heterocycles. The second-order valence-electron chi connectivity index (χ2n) is 8.46. The topological polar surface area (TPSA) is 54.1 Å². The summed E-state index contributed by atoms with van der Waals surface area (Å²) in [6.45, 7) is 4.23. The number of halogens is 3. The quantitative estimate of drug-likeness (QED) is 0.349. The van der Waals surface area contributed by atoms with Crippen molar-refractivity contribution in [2.45, 2.75) is 45.1 Å². The Morgan fingerprint density at radius 2 is 2.00 bits per heavy atom. The Kier molecular flexibility index (Phi) is 7.57. The number of benzene rings is 2. The smallest absolute Gasteiger partial charge is 0.375 e. The summed E-state index contributed by atoms with van der Waals surface area (Å²) >= 11 is 0. The monoisotopic (exact) mass is 480 g/mol. The summed E-state index contributed by atoms with van der Waals surface area (Å²) in [5.74, 6) is 0. The molecular formula is C27H27F3N4O. The number of anilines is 1. The molecule has 0 N–H and O–H groups in total. The van der Waals surface area contributed by atoms with Crippen LogP contribution in [-0.4, -0.2) is 28.7 Å². The second kappa shape index (κ2) is 10.8. The van der Waals surface area contributed by atoms with Gasteiger partial charge in [0.1, 0.15) is 0 Å². The largest absolute Gasteiger partial charge is 0.417 e. The number of nitrogens with zero attached hydrogens (tertiary/aromatic N) is 4. The van der Waals surface area contributed by atoms with E-state index >= 15 is 0 Å². The highest BCUT2D eigenvalue weighted by Gasteiger charge is 2.35. The molecule has 5 nitrogen and oxygen atoms in total. The third kappa shape index (κ3) is 5.75. The third-order valence-electron chi connectivity index (χ3n) is 6.26. The highest BCUT2D eigenvalue weighted by atomic mass is 19.4. The predicted octanol–water partition coefficient (Wildman–Crippen LogP) is 6.06. The number of hydrogen-bond donors (Lipinski definition) is 0. The van der Waals surface area contributed by atoms with Crippen molar-refractivity contribution in [1.82, 2.24) is 9.55 Å². The molecule has 1 heterocycles. The molecule has 0 bridgehead atoms. The maximum Gasteiger partial charge on any atom is 0.417 e. The van der Waals surface area contributed by atoms with Crippen molar-refractivity contribution in [3.8, 4) is 6.07 Å². The van der Waals surface area contributed by atoms with Crippen LogP contribution in [0.5, 0.6) is 0 Å². The summed E-state index contributed by atoms with van der Waals surface area (Å²) in [5, 5.41) is 9.09. The van der Waals surface area contributed by atoms with Gasteiger partial charge >= 0.3 is 6.18 Å². The average molecular weight is 481 g/mol. The molecule has 3 aromatic rings. The number of ether oxygens (including phenoxy) is 1. The summed E-state index contributed by atoms with van der Waals surface area (Å²) < 4.78 is 48.3. The van der Waals surface area contributed by atoms with Crippen LogP contribution in [0.1, 0.15) is 42.1 Å². The van der Waals surface area contributed by atoms with Crippen LogP contribution in [0.4, 0.5) is 18.9 Å². The first kappa shape index (κ1) is 24.6. The lowest BCUT2D eigenvalue weighted by Crippen LogP contribution is -2.33. The van der Waals surface area contributed by atoms with Crippen molar-refractivity contribution in [2.75, 3.05) is 18.1 Å². The zero-order valence-electron chi connectivity index (χ0n) is 19.5. The minimum Gasteiger partial charge on any atom is -0.375 e. The Balaban J connectivity index is 1.41. The maximum atomic E-state index is 13.5. The van der Waals surface area contributed by atoms with Crippen LogP contribution < -0.4 is 4.90 Å². The van der Waals surface area contributed by atoms with Crippen LogP contribution in [0.15, 0.2) is 67.1 Å². The lowest BCUT2D eigenvalue weighted by molar-refractivity contribution is -0.137. The number of alkyl halides is 3. The highest BCUT2D eigenvalue weighted by Crippen LogP contribution is 2.37. The molecule has 1 aromatic heterocycles. The Morgan fingerprint density at radius 3 is 2.71 bits per heavy atom. The Morgan fingerprint density at radius 1 is 1.20 bits per heavy atom. The molecule has 8 heteroatoms. The highest BCUT2D eigenvalue weighted by molar-refractivity contribution is 5.67. The van der Waals surface area contributed by atoms with Gasteiger partial charge in [-0.25, -0.2) is 4.98 Å². The van der Waals surface area contributed by atoms with Gasteiger partial charge in [-0.2, -0.15) is 18.4 Å². The fourth-order valence-corrected chi connectivity index (χ4v) is 4.53. The lowest BCUT2D eigenvalue weighted by atomic mass is 10.0. The third-order valence-corrected chi connectivity index (χ3v) is 6.26. The van der Waals surface area contributed by atoms with Gasteiger partial charge in [0.05, 0.1) is 48.6 Å². The van der Waals surface area contributed by atoms with Gasteiger partial charge in [-0.1, -0.05) is 36.4 Å². The minimum absolute atomic E-state index is 0.0294. The average Bonchev–Trinajstić information content (AvgIpc) is 3.52. The van der Waals surface area contributed by atoms with Crippen molar-refractivity contribution < 1.29 is 17.9 Å². The molecule has 1 aliphatic rings. The van der Waals surface area contributed by atoms with E-state index in [1.54, 1.807) is 18.5 Å². The Hall–Kier alpha value is -3.57. The lowest BCUT2D eigenvalue weighted by Gasteiger charge is -2.31. The number of aromatic nitrogens is 2. The van der Waals surface area contributed by atoms with Crippen LogP contribution in [-0.2, 0) is 24.1 Å². The molecule has 2 aromatic carbocycles. The molecule has 35 heavy (non-hydrogen) atoms. The van der Waals surface area contributed by atoms with E-state index in [-0.39, 0.29) is 11.6 Å². The minimum atomic E-state index is -4.57. The SMILES string of the molecule is CCN(c1ccc(C#N)c(C(F)(F)F)c1)C1CC=C(c2cncn2CCOCc2ccccc2)C1. The van der Waals surface area contributed by atoms with E-state index in [2.05, 4.69) is 15.6 Å². The fraction of sp³-hybridized carbons (Fsp3) is 0.333. The first-order valence-corrected chi connectivity index (χ1v) is 11.6. The van der Waals surface area contributed by atoms with Gasteiger partial charge in [-0.15, -0.1) is 0 Å². The van der Waals surface area contributed by atoms with E-state index in [1.807, 2.05) is 48.4 Å². The molecule has 0 spiro atoms. The number of nitriles is 1. The van der Waals surface area contributed by atoms with Crippen molar-refractivity contribution in [1.29, 1.82) is 5.26 Å². The number of rotatable bonds is 9. The van der Waals surface area contributed by atoms with Crippen molar-refractivity contribution in [2.24, 2.45) is 0 Å².